The van der Waals surface area contributed by atoms with E-state index in [0.29, 0.717) is 19.2 Å². The summed E-state index contributed by atoms with van der Waals surface area (Å²) in [5.74, 6) is 1.08. The Morgan fingerprint density at radius 1 is 1.12 bits per heavy atom. The number of nitrogens with zero attached hydrogens (tertiary/aromatic N) is 5. The van der Waals surface area contributed by atoms with E-state index in [1.165, 1.54) is 5.69 Å². The number of piperazine rings is 1. The third-order valence-corrected chi connectivity index (χ3v) is 5.94. The maximum Gasteiger partial charge on any atom is 0.416 e. The van der Waals surface area contributed by atoms with Gasteiger partial charge in [-0.3, -0.25) is 4.90 Å². The van der Waals surface area contributed by atoms with E-state index in [1.807, 2.05) is 13.8 Å². The zero-order valence-electron chi connectivity index (χ0n) is 18.8. The molecule has 1 aromatic heterocycles. The fourth-order valence-electron chi connectivity index (χ4n) is 4.07. The Hall–Kier alpha value is -3.14. The van der Waals surface area contributed by atoms with Crippen molar-refractivity contribution in [3.8, 4) is 0 Å². The highest BCUT2D eigenvalue weighted by atomic mass is 16.6. The lowest BCUT2D eigenvalue weighted by atomic mass is 9.93. The fourth-order valence-corrected chi connectivity index (χ4v) is 4.07. The van der Waals surface area contributed by atoms with Crippen LogP contribution in [-0.4, -0.2) is 66.7 Å². The van der Waals surface area contributed by atoms with Crippen LogP contribution in [0.1, 0.15) is 37.9 Å². The normalized spacial score (nSPS) is 17.6. The van der Waals surface area contributed by atoms with Crippen molar-refractivity contribution in [3.05, 3.63) is 41.6 Å². The standard InChI is InChI=1S/C22H29BN6O3/c1-15(2)29-20-18(13-32-22(29)31)12-24-21(26-20)25-16(3)17-4-6-19(7-5-17)27-8-10-28(11-9-27)23-14-30/h4-7,12,14-16,23H,8-11,13H2,1-3H3,(H,24,25,26)/t16-/m0/s1. The number of fused-ring (bicyclic) bond motifs is 1. The smallest absolute Gasteiger partial charge is 0.416 e. The largest absolute Gasteiger partial charge is 0.444 e. The van der Waals surface area contributed by atoms with Gasteiger partial charge in [-0.2, -0.15) is 4.98 Å². The number of anilines is 3. The molecule has 4 rings (SSSR count). The molecule has 2 aliphatic heterocycles. The molecule has 1 atom stereocenters. The molecule has 3 heterocycles. The van der Waals surface area contributed by atoms with Gasteiger partial charge >= 0.3 is 6.09 Å². The van der Waals surface area contributed by atoms with E-state index < -0.39 is 0 Å². The van der Waals surface area contributed by atoms with Crippen LogP contribution < -0.4 is 15.1 Å². The van der Waals surface area contributed by atoms with Crippen LogP contribution >= 0.6 is 0 Å². The van der Waals surface area contributed by atoms with Crippen molar-refractivity contribution < 1.29 is 14.3 Å². The summed E-state index contributed by atoms with van der Waals surface area (Å²) in [7, 11) is 0.511. The second-order valence-corrected chi connectivity index (χ2v) is 8.47. The van der Waals surface area contributed by atoms with Crippen LogP contribution in [0.4, 0.5) is 22.2 Å². The van der Waals surface area contributed by atoms with Gasteiger partial charge in [0.1, 0.15) is 12.4 Å². The molecule has 0 bridgehead atoms. The molecule has 168 valence electrons. The minimum absolute atomic E-state index is 0.00502. The summed E-state index contributed by atoms with van der Waals surface area (Å²) in [6.45, 7) is 9.74. The SMILES string of the molecule is CC(C)N1C(=O)OCc2cnc(N[C@@H](C)c3ccc(N4CCN(BC=O)CC4)cc3)nc21. The van der Waals surface area contributed by atoms with Gasteiger partial charge < -0.3 is 24.6 Å². The minimum Gasteiger partial charge on any atom is -0.444 e. The molecule has 1 amide bonds. The molecule has 1 aromatic carbocycles. The molecule has 32 heavy (non-hydrogen) atoms. The number of ether oxygens (including phenoxy) is 1. The third kappa shape index (κ3) is 4.70. The molecular weight excluding hydrogens is 407 g/mol. The molecule has 2 aromatic rings. The molecule has 0 aliphatic carbocycles. The van der Waals surface area contributed by atoms with Crippen molar-refractivity contribution in [1.29, 1.82) is 0 Å². The maximum absolute atomic E-state index is 12.2. The monoisotopic (exact) mass is 436 g/mol. The Morgan fingerprint density at radius 2 is 1.84 bits per heavy atom. The predicted molar refractivity (Wildman–Crippen MR) is 126 cm³/mol. The molecule has 0 radical (unpaired) electrons. The summed E-state index contributed by atoms with van der Waals surface area (Å²) in [5, 5.41) is 3.35. The Labute approximate surface area is 189 Å². The highest BCUT2D eigenvalue weighted by Crippen LogP contribution is 2.28. The van der Waals surface area contributed by atoms with Crippen LogP contribution in [0.5, 0.6) is 0 Å². The topological polar surface area (TPSA) is 90.9 Å². The van der Waals surface area contributed by atoms with Gasteiger partial charge in [-0.25, -0.2) is 9.78 Å². The first kappa shape index (κ1) is 22.1. The van der Waals surface area contributed by atoms with Gasteiger partial charge in [-0.1, -0.05) is 12.1 Å². The lowest BCUT2D eigenvalue weighted by Crippen LogP contribution is -2.48. The van der Waals surface area contributed by atoms with Crippen molar-refractivity contribution in [2.75, 3.05) is 41.3 Å². The Bertz CT molecular complexity index is 963. The molecular formula is C22H29BN6O3. The van der Waals surface area contributed by atoms with Crippen LogP contribution in [0.2, 0.25) is 0 Å². The van der Waals surface area contributed by atoms with Crippen LogP contribution in [0, 0.1) is 0 Å². The number of carbonyl (C=O) groups excluding carboxylic acids is 2. The lowest BCUT2D eigenvalue weighted by molar-refractivity contribution is 0.139. The highest BCUT2D eigenvalue weighted by molar-refractivity contribution is 6.64. The summed E-state index contributed by atoms with van der Waals surface area (Å²) >= 11 is 0. The number of amides is 1. The van der Waals surface area contributed by atoms with Crippen molar-refractivity contribution >= 4 is 37.1 Å². The van der Waals surface area contributed by atoms with E-state index in [0.717, 1.165) is 43.5 Å². The number of hydrogen-bond acceptors (Lipinski definition) is 8. The summed E-state index contributed by atoms with van der Waals surface area (Å²) in [6.07, 6.45) is 2.30. The van der Waals surface area contributed by atoms with Crippen molar-refractivity contribution in [2.24, 2.45) is 0 Å². The summed E-state index contributed by atoms with van der Waals surface area (Å²) < 4.78 is 5.21. The third-order valence-electron chi connectivity index (χ3n) is 5.94. The number of carbonyl (C=O) groups is 2. The number of rotatable bonds is 7. The fraction of sp³-hybridized carbons (Fsp3) is 0.455. The van der Waals surface area contributed by atoms with Gasteiger partial charge in [0.25, 0.3) is 7.41 Å². The zero-order chi connectivity index (χ0) is 22.7. The van der Waals surface area contributed by atoms with E-state index >= 15 is 0 Å². The molecule has 1 saturated heterocycles. The Balaban J connectivity index is 1.42. The quantitative estimate of drug-likeness (QED) is 0.522. The molecule has 0 saturated carbocycles. The number of hydrogen-bond donors (Lipinski definition) is 1. The highest BCUT2D eigenvalue weighted by Gasteiger charge is 2.30. The van der Waals surface area contributed by atoms with Crippen LogP contribution in [0.3, 0.4) is 0 Å². The zero-order valence-corrected chi connectivity index (χ0v) is 18.8. The molecule has 10 heteroatoms. The van der Waals surface area contributed by atoms with E-state index in [4.69, 9.17) is 4.74 Å². The van der Waals surface area contributed by atoms with Crippen LogP contribution in [0.15, 0.2) is 30.5 Å². The maximum atomic E-state index is 12.2. The van der Waals surface area contributed by atoms with Crippen molar-refractivity contribution in [1.82, 2.24) is 14.8 Å². The van der Waals surface area contributed by atoms with Crippen molar-refractivity contribution in [3.63, 3.8) is 0 Å². The summed E-state index contributed by atoms with van der Waals surface area (Å²) in [5.41, 5.74) is 3.10. The predicted octanol–water partition coefficient (Wildman–Crippen LogP) is 2.18. The van der Waals surface area contributed by atoms with Crippen LogP contribution in [0.25, 0.3) is 0 Å². The summed E-state index contributed by atoms with van der Waals surface area (Å²) in [6, 6.07) is 8.42. The van der Waals surface area contributed by atoms with E-state index in [1.54, 1.807) is 11.1 Å². The van der Waals surface area contributed by atoms with Gasteiger partial charge in [0.05, 0.1) is 17.8 Å². The van der Waals surface area contributed by atoms with E-state index in [-0.39, 0.29) is 24.8 Å². The number of aromatic nitrogens is 2. The molecule has 9 nitrogen and oxygen atoms in total. The molecule has 1 N–H and O–H groups in total. The number of cyclic esters (lactones) is 1. The Kier molecular flexibility index (Phi) is 6.59. The molecule has 2 aliphatic rings. The average molecular weight is 436 g/mol. The van der Waals surface area contributed by atoms with Gasteiger partial charge in [0, 0.05) is 44.1 Å². The molecule has 1 fully saturated rings. The van der Waals surface area contributed by atoms with E-state index in [9.17, 15) is 9.59 Å². The first-order valence-electron chi connectivity index (χ1n) is 11.1. The van der Waals surface area contributed by atoms with Crippen LogP contribution in [-0.2, 0) is 16.1 Å². The van der Waals surface area contributed by atoms with Gasteiger partial charge in [-0.15, -0.1) is 0 Å². The molecule has 0 spiro atoms. The first-order valence-corrected chi connectivity index (χ1v) is 11.1. The number of nitrogens with one attached hydrogen (secondary N) is 1. The van der Waals surface area contributed by atoms with Gasteiger partial charge in [0.2, 0.25) is 5.95 Å². The minimum atomic E-state index is -0.382. The first-order chi connectivity index (χ1) is 15.5. The average Bonchev–Trinajstić information content (AvgIpc) is 2.79. The van der Waals surface area contributed by atoms with E-state index in [2.05, 4.69) is 56.2 Å². The lowest BCUT2D eigenvalue weighted by Gasteiger charge is -2.35. The summed E-state index contributed by atoms with van der Waals surface area (Å²) in [4.78, 5) is 38.0. The second-order valence-electron chi connectivity index (χ2n) is 8.47. The Morgan fingerprint density at radius 3 is 2.50 bits per heavy atom. The van der Waals surface area contributed by atoms with Crippen molar-refractivity contribution in [2.45, 2.75) is 39.5 Å². The molecule has 0 unspecified atom stereocenters. The van der Waals surface area contributed by atoms with Gasteiger partial charge in [-0.05, 0) is 38.5 Å². The number of benzene rings is 1. The van der Waals surface area contributed by atoms with Gasteiger partial charge in [0.15, 0.2) is 0 Å². The second kappa shape index (κ2) is 9.56.